The number of aryl methyl sites for hydroxylation is 1. The maximum atomic E-state index is 12.1. The first-order valence-corrected chi connectivity index (χ1v) is 9.64. The molecule has 0 saturated carbocycles. The van der Waals surface area contributed by atoms with Gasteiger partial charge in [0.2, 0.25) is 0 Å². The largest absolute Gasteiger partial charge is 0.359 e. The van der Waals surface area contributed by atoms with Crippen molar-refractivity contribution in [2.75, 3.05) is 25.4 Å². The van der Waals surface area contributed by atoms with Gasteiger partial charge in [0.05, 0.1) is 16.2 Å². The molecule has 1 saturated heterocycles. The molecule has 23 heavy (non-hydrogen) atoms. The lowest BCUT2D eigenvalue weighted by Gasteiger charge is -2.39. The van der Waals surface area contributed by atoms with E-state index in [0.717, 1.165) is 18.7 Å². The first-order valence-electron chi connectivity index (χ1n) is 7.99. The molecule has 0 aliphatic carbocycles. The fraction of sp³-hybridized carbons (Fsp3) is 0.733. The summed E-state index contributed by atoms with van der Waals surface area (Å²) in [6.07, 6.45) is 0.825. The number of hydrogen-bond acceptors (Lipinski definition) is 5. The third-order valence-electron chi connectivity index (χ3n) is 4.03. The maximum Gasteiger partial charge on any atom is 0.194 e. The Hall–Kier alpha value is -1.57. The third kappa shape index (κ3) is 4.04. The zero-order chi connectivity index (χ0) is 17.1. The standard InChI is InChI=1S/C15H26N4O3S/c1-5-12-9-13(22-18-12)10-17-14(16-6-2)19-7-8-23(20,21)15(3,4)11-19/h9H,5-8,10-11H2,1-4H3,(H,16,17). The minimum atomic E-state index is -3.06. The van der Waals surface area contributed by atoms with Gasteiger partial charge in [-0.1, -0.05) is 12.1 Å². The van der Waals surface area contributed by atoms with Crippen LogP contribution < -0.4 is 5.32 Å². The van der Waals surface area contributed by atoms with E-state index < -0.39 is 14.6 Å². The molecule has 8 heteroatoms. The Morgan fingerprint density at radius 1 is 1.48 bits per heavy atom. The molecule has 0 radical (unpaired) electrons. The second-order valence-electron chi connectivity index (χ2n) is 6.31. The molecule has 1 fully saturated rings. The van der Waals surface area contributed by atoms with Gasteiger partial charge in [-0.15, -0.1) is 0 Å². The van der Waals surface area contributed by atoms with E-state index in [1.165, 1.54) is 0 Å². The SMILES string of the molecule is CCNC(=NCc1cc(CC)no1)N1CCS(=O)(=O)C(C)(C)C1. The molecule has 1 aromatic rings. The molecular weight excluding hydrogens is 316 g/mol. The van der Waals surface area contributed by atoms with Crippen molar-refractivity contribution in [3.8, 4) is 0 Å². The summed E-state index contributed by atoms with van der Waals surface area (Å²) >= 11 is 0. The van der Waals surface area contributed by atoms with Gasteiger partial charge in [-0.3, -0.25) is 0 Å². The van der Waals surface area contributed by atoms with Crippen LogP contribution in [0.15, 0.2) is 15.6 Å². The van der Waals surface area contributed by atoms with Crippen LogP contribution in [0.4, 0.5) is 0 Å². The van der Waals surface area contributed by atoms with E-state index in [4.69, 9.17) is 4.52 Å². The zero-order valence-electron chi connectivity index (χ0n) is 14.3. The van der Waals surface area contributed by atoms with Crippen LogP contribution in [0.2, 0.25) is 0 Å². The fourth-order valence-corrected chi connectivity index (χ4v) is 3.87. The first-order chi connectivity index (χ1) is 10.8. The summed E-state index contributed by atoms with van der Waals surface area (Å²) in [5.41, 5.74) is 0.908. The Kier molecular flexibility index (Phi) is 5.33. The van der Waals surface area contributed by atoms with Crippen LogP contribution in [0.3, 0.4) is 0 Å². The first kappa shape index (κ1) is 17.8. The Labute approximate surface area is 138 Å². The van der Waals surface area contributed by atoms with E-state index in [1.54, 1.807) is 13.8 Å². The molecule has 1 aliphatic heterocycles. The highest BCUT2D eigenvalue weighted by Crippen LogP contribution is 2.23. The van der Waals surface area contributed by atoms with Crippen molar-refractivity contribution >= 4 is 15.8 Å². The van der Waals surface area contributed by atoms with Gasteiger partial charge in [-0.2, -0.15) is 0 Å². The smallest absolute Gasteiger partial charge is 0.194 e. The highest BCUT2D eigenvalue weighted by Gasteiger charge is 2.40. The van der Waals surface area contributed by atoms with Gasteiger partial charge in [0.15, 0.2) is 21.6 Å². The Balaban J connectivity index is 2.13. The average molecular weight is 342 g/mol. The highest BCUT2D eigenvalue weighted by molar-refractivity contribution is 7.92. The molecule has 7 nitrogen and oxygen atoms in total. The second-order valence-corrected chi connectivity index (χ2v) is 9.05. The number of rotatable bonds is 4. The molecular formula is C15H26N4O3S. The van der Waals surface area contributed by atoms with Gasteiger partial charge < -0.3 is 14.7 Å². The van der Waals surface area contributed by atoms with Crippen molar-refractivity contribution < 1.29 is 12.9 Å². The molecule has 0 bridgehead atoms. The predicted molar refractivity (Wildman–Crippen MR) is 90.1 cm³/mol. The molecule has 0 atom stereocenters. The molecule has 0 aromatic carbocycles. The fourth-order valence-electron chi connectivity index (χ4n) is 2.50. The maximum absolute atomic E-state index is 12.1. The topological polar surface area (TPSA) is 87.8 Å². The van der Waals surface area contributed by atoms with Gasteiger partial charge in [0.25, 0.3) is 0 Å². The van der Waals surface area contributed by atoms with Crippen molar-refractivity contribution in [1.29, 1.82) is 0 Å². The quantitative estimate of drug-likeness (QED) is 0.654. The molecule has 1 aliphatic rings. The van der Waals surface area contributed by atoms with E-state index in [1.807, 2.05) is 24.8 Å². The van der Waals surface area contributed by atoms with Crippen LogP contribution in [0, 0.1) is 0 Å². The van der Waals surface area contributed by atoms with Crippen LogP contribution in [-0.2, 0) is 22.8 Å². The van der Waals surface area contributed by atoms with Crippen molar-refractivity contribution in [1.82, 2.24) is 15.4 Å². The highest BCUT2D eigenvalue weighted by atomic mass is 32.2. The molecule has 0 amide bonds. The molecule has 1 aromatic heterocycles. The van der Waals surface area contributed by atoms with Crippen molar-refractivity contribution in [2.24, 2.45) is 4.99 Å². The van der Waals surface area contributed by atoms with Crippen LogP contribution in [-0.4, -0.2) is 54.6 Å². The monoisotopic (exact) mass is 342 g/mol. The third-order valence-corrected chi connectivity index (χ3v) is 6.57. The van der Waals surface area contributed by atoms with E-state index in [2.05, 4.69) is 15.5 Å². The normalized spacial score (nSPS) is 20.5. The molecule has 1 N–H and O–H groups in total. The summed E-state index contributed by atoms with van der Waals surface area (Å²) in [5, 5.41) is 7.18. The van der Waals surface area contributed by atoms with Gasteiger partial charge in [0.1, 0.15) is 6.54 Å². The van der Waals surface area contributed by atoms with E-state index in [-0.39, 0.29) is 5.75 Å². The summed E-state index contributed by atoms with van der Waals surface area (Å²) in [5.74, 6) is 1.57. The van der Waals surface area contributed by atoms with Crippen LogP contribution in [0.5, 0.6) is 0 Å². The Bertz CT molecular complexity index is 664. The summed E-state index contributed by atoms with van der Waals surface area (Å²) in [6.45, 7) is 9.53. The molecule has 2 rings (SSSR count). The van der Waals surface area contributed by atoms with Crippen molar-refractivity contribution in [2.45, 2.75) is 45.4 Å². The van der Waals surface area contributed by atoms with E-state index in [9.17, 15) is 8.42 Å². The van der Waals surface area contributed by atoms with E-state index >= 15 is 0 Å². The van der Waals surface area contributed by atoms with Crippen molar-refractivity contribution in [3.63, 3.8) is 0 Å². The van der Waals surface area contributed by atoms with Gasteiger partial charge in [-0.05, 0) is 27.2 Å². The Morgan fingerprint density at radius 3 is 2.78 bits per heavy atom. The lowest BCUT2D eigenvalue weighted by Crippen LogP contribution is -2.57. The summed E-state index contributed by atoms with van der Waals surface area (Å²) in [6, 6.07) is 1.90. The number of nitrogens with one attached hydrogen (secondary N) is 1. The summed E-state index contributed by atoms with van der Waals surface area (Å²) in [7, 11) is -3.06. The van der Waals surface area contributed by atoms with Crippen molar-refractivity contribution in [3.05, 3.63) is 17.5 Å². The Morgan fingerprint density at radius 2 is 2.22 bits per heavy atom. The van der Waals surface area contributed by atoms with Crippen LogP contribution in [0.25, 0.3) is 0 Å². The molecule has 0 spiro atoms. The number of aromatic nitrogens is 1. The van der Waals surface area contributed by atoms with Crippen LogP contribution >= 0.6 is 0 Å². The van der Waals surface area contributed by atoms with Crippen LogP contribution in [0.1, 0.15) is 39.1 Å². The van der Waals surface area contributed by atoms with Gasteiger partial charge in [0, 0.05) is 25.7 Å². The average Bonchev–Trinajstić information content (AvgIpc) is 2.94. The number of nitrogens with zero attached hydrogens (tertiary/aromatic N) is 3. The summed E-state index contributed by atoms with van der Waals surface area (Å²) in [4.78, 5) is 6.57. The zero-order valence-corrected chi connectivity index (χ0v) is 15.1. The summed E-state index contributed by atoms with van der Waals surface area (Å²) < 4.78 is 28.7. The van der Waals surface area contributed by atoms with E-state index in [0.29, 0.717) is 31.4 Å². The lowest BCUT2D eigenvalue weighted by atomic mass is 10.2. The second kappa shape index (κ2) is 6.90. The minimum Gasteiger partial charge on any atom is -0.359 e. The van der Waals surface area contributed by atoms with Gasteiger partial charge >= 0.3 is 0 Å². The molecule has 130 valence electrons. The lowest BCUT2D eigenvalue weighted by molar-refractivity contribution is 0.350. The molecule has 0 unspecified atom stereocenters. The number of aliphatic imine (C=N–C) groups is 1. The number of guanidine groups is 1. The predicted octanol–water partition coefficient (Wildman–Crippen LogP) is 1.21. The minimum absolute atomic E-state index is 0.146. The molecule has 2 heterocycles. The number of sulfone groups is 1. The number of hydrogen-bond donors (Lipinski definition) is 1. The van der Waals surface area contributed by atoms with Gasteiger partial charge in [-0.25, -0.2) is 13.4 Å².